The van der Waals surface area contributed by atoms with Gasteiger partial charge in [-0.15, -0.1) is 0 Å². The van der Waals surface area contributed by atoms with Gasteiger partial charge < -0.3 is 24.4 Å². The van der Waals surface area contributed by atoms with Crippen LogP contribution < -0.4 is 9.38 Å². The summed E-state index contributed by atoms with van der Waals surface area (Å²) in [5, 5.41) is 33.2. The van der Waals surface area contributed by atoms with E-state index in [2.05, 4.69) is 0 Å². The summed E-state index contributed by atoms with van der Waals surface area (Å²) in [6.45, 7) is -0.195. The van der Waals surface area contributed by atoms with Gasteiger partial charge in [-0.1, -0.05) is 30.3 Å². The van der Waals surface area contributed by atoms with Gasteiger partial charge in [0, 0.05) is 18.2 Å². The predicted octanol–water partition coefficient (Wildman–Crippen LogP) is 2.33. The maximum Gasteiger partial charge on any atom is 0.311 e. The Labute approximate surface area is 144 Å². The Bertz CT molecular complexity index is 754. The van der Waals surface area contributed by atoms with E-state index in [-0.39, 0.29) is 37.9 Å². The minimum absolute atomic E-state index is 0.0344. The van der Waals surface area contributed by atoms with E-state index in [1.807, 2.05) is 30.3 Å². The van der Waals surface area contributed by atoms with Crippen molar-refractivity contribution in [3.05, 3.63) is 69.4 Å². The number of hydrogen-bond donors (Lipinski definition) is 1. The van der Waals surface area contributed by atoms with Crippen molar-refractivity contribution in [3.63, 3.8) is 0 Å². The summed E-state index contributed by atoms with van der Waals surface area (Å²) in [6, 6.07) is 13.3. The highest BCUT2D eigenvalue weighted by Gasteiger charge is 2.35. The molecule has 2 atom stereocenters. The van der Waals surface area contributed by atoms with E-state index in [1.165, 1.54) is 18.2 Å². The Balaban J connectivity index is 1.86. The first-order valence-corrected chi connectivity index (χ1v) is 7.78. The lowest BCUT2D eigenvalue weighted by Gasteiger charge is -2.36. The third-order valence-electron chi connectivity index (χ3n) is 4.07. The number of nitro benzene ring substituents is 1. The molecule has 0 spiro atoms. The second kappa shape index (κ2) is 7.16. The number of quaternary nitrogens is 1. The molecule has 1 aliphatic heterocycles. The number of benzene rings is 2. The summed E-state index contributed by atoms with van der Waals surface area (Å²) in [5.74, 6) is 0.0344. The molecule has 2 aromatic carbocycles. The third-order valence-corrected chi connectivity index (χ3v) is 4.07. The quantitative estimate of drug-likeness (QED) is 0.372. The maximum absolute atomic E-state index is 12.9. The Kier molecular flexibility index (Phi) is 4.95. The molecule has 8 nitrogen and oxygen atoms in total. The molecule has 8 heteroatoms. The van der Waals surface area contributed by atoms with Crippen LogP contribution in [0.25, 0.3) is 0 Å². The lowest BCUT2D eigenvalue weighted by atomic mass is 10.2. The maximum atomic E-state index is 12.9. The van der Waals surface area contributed by atoms with Crippen LogP contribution in [0.4, 0.5) is 11.4 Å². The van der Waals surface area contributed by atoms with Gasteiger partial charge in [0.2, 0.25) is 5.75 Å². The van der Waals surface area contributed by atoms with E-state index in [1.54, 1.807) is 0 Å². The van der Waals surface area contributed by atoms with Crippen LogP contribution in [0.1, 0.15) is 5.56 Å². The van der Waals surface area contributed by atoms with Gasteiger partial charge in [0.25, 0.3) is 0 Å². The number of hydrogen-bond acceptors (Lipinski definition) is 6. The number of rotatable bonds is 6. The highest BCUT2D eigenvalue weighted by molar-refractivity contribution is 5.58. The second-order valence-corrected chi connectivity index (χ2v) is 5.86. The summed E-state index contributed by atoms with van der Waals surface area (Å²) in [6.07, 6.45) is -0.540. The van der Waals surface area contributed by atoms with Crippen molar-refractivity contribution in [2.24, 2.45) is 0 Å². The Morgan fingerprint density at radius 3 is 2.68 bits per heavy atom. The molecule has 132 valence electrons. The fraction of sp³-hybridized carbons (Fsp3) is 0.294. The number of aliphatic hydroxyl groups excluding tert-OH is 1. The van der Waals surface area contributed by atoms with Crippen LogP contribution in [0, 0.1) is 15.3 Å². The smallest absolute Gasteiger partial charge is 0.311 e. The van der Waals surface area contributed by atoms with Gasteiger partial charge in [-0.05, 0) is 5.56 Å². The fourth-order valence-electron chi connectivity index (χ4n) is 2.71. The zero-order chi connectivity index (χ0) is 17.9. The van der Waals surface area contributed by atoms with E-state index < -0.39 is 15.7 Å². The predicted molar refractivity (Wildman–Crippen MR) is 90.7 cm³/mol. The fourth-order valence-corrected chi connectivity index (χ4v) is 2.71. The molecule has 1 saturated heterocycles. The molecule has 3 rings (SSSR count). The van der Waals surface area contributed by atoms with Gasteiger partial charge in [0.15, 0.2) is 6.73 Å². The molecule has 0 amide bonds. The SMILES string of the molecule is O=[N+]([O-])c1ccc([N+]2([O-])CO[C@@H](CO)C2)cc1OCc1ccccc1. The van der Waals surface area contributed by atoms with E-state index in [0.717, 1.165) is 5.56 Å². The normalized spacial score (nSPS) is 22.7. The van der Waals surface area contributed by atoms with Gasteiger partial charge in [0.1, 0.15) is 24.9 Å². The van der Waals surface area contributed by atoms with E-state index in [4.69, 9.17) is 14.6 Å². The van der Waals surface area contributed by atoms with Crippen molar-refractivity contribution in [3.8, 4) is 5.75 Å². The molecular weight excluding hydrogens is 328 g/mol. The van der Waals surface area contributed by atoms with Crippen LogP contribution in [0.15, 0.2) is 48.5 Å². The van der Waals surface area contributed by atoms with Crippen molar-refractivity contribution in [2.75, 3.05) is 19.9 Å². The van der Waals surface area contributed by atoms with Gasteiger partial charge in [-0.2, -0.15) is 0 Å². The van der Waals surface area contributed by atoms with Gasteiger partial charge in [-0.25, -0.2) is 0 Å². The zero-order valence-electron chi connectivity index (χ0n) is 13.4. The van der Waals surface area contributed by atoms with E-state index >= 15 is 0 Å². The van der Waals surface area contributed by atoms with Crippen LogP contribution in [-0.2, 0) is 11.3 Å². The molecule has 0 aromatic heterocycles. The number of nitro groups is 1. The van der Waals surface area contributed by atoms with Crippen LogP contribution in [0.3, 0.4) is 0 Å². The Morgan fingerprint density at radius 1 is 1.28 bits per heavy atom. The van der Waals surface area contributed by atoms with Crippen molar-refractivity contribution in [2.45, 2.75) is 12.7 Å². The van der Waals surface area contributed by atoms with Crippen molar-refractivity contribution < 1.29 is 19.5 Å². The molecule has 1 N–H and O–H groups in total. The minimum atomic E-state index is -0.815. The van der Waals surface area contributed by atoms with Gasteiger partial charge in [-0.3, -0.25) is 10.1 Å². The highest BCUT2D eigenvalue weighted by atomic mass is 16.6. The van der Waals surface area contributed by atoms with Crippen molar-refractivity contribution in [1.82, 2.24) is 4.65 Å². The van der Waals surface area contributed by atoms with Crippen LogP contribution in [0.5, 0.6) is 5.75 Å². The average Bonchev–Trinajstić information content (AvgIpc) is 3.03. The molecule has 0 radical (unpaired) electrons. The van der Waals surface area contributed by atoms with Crippen molar-refractivity contribution >= 4 is 11.4 Å². The molecule has 2 aromatic rings. The lowest BCUT2D eigenvalue weighted by molar-refractivity contribution is -0.385. The van der Waals surface area contributed by atoms with Crippen LogP contribution in [-0.4, -0.2) is 36.0 Å². The summed E-state index contributed by atoms with van der Waals surface area (Å²) in [7, 11) is 0. The van der Waals surface area contributed by atoms with Gasteiger partial charge in [0.05, 0.1) is 11.5 Å². The molecule has 1 unspecified atom stereocenters. The summed E-state index contributed by atoms with van der Waals surface area (Å²) >= 11 is 0. The highest BCUT2D eigenvalue weighted by Crippen LogP contribution is 2.36. The molecule has 0 aliphatic carbocycles. The first-order valence-electron chi connectivity index (χ1n) is 7.78. The standard InChI is InChI=1S/C17H18N2O6/c20-10-15-9-19(23,12-25-15)14-6-7-16(18(21)22)17(8-14)24-11-13-4-2-1-3-5-13/h1-8,15,20H,9-12H2/t15-,19?/m1/s1. The van der Waals surface area contributed by atoms with Crippen molar-refractivity contribution in [1.29, 1.82) is 0 Å². The van der Waals surface area contributed by atoms with Crippen LogP contribution >= 0.6 is 0 Å². The van der Waals surface area contributed by atoms with E-state index in [0.29, 0.717) is 5.69 Å². The molecular formula is C17H18N2O6. The molecule has 1 fully saturated rings. The first-order chi connectivity index (χ1) is 12.0. The molecule has 0 saturated carbocycles. The number of nitrogens with zero attached hydrogens (tertiary/aromatic N) is 2. The molecule has 1 heterocycles. The molecule has 0 bridgehead atoms. The van der Waals surface area contributed by atoms with Crippen LogP contribution in [0.2, 0.25) is 0 Å². The lowest BCUT2D eigenvalue weighted by Crippen LogP contribution is -2.41. The number of ether oxygens (including phenoxy) is 2. The second-order valence-electron chi connectivity index (χ2n) is 5.86. The van der Waals surface area contributed by atoms with E-state index in [9.17, 15) is 15.3 Å². The Morgan fingerprint density at radius 2 is 2.04 bits per heavy atom. The molecule has 25 heavy (non-hydrogen) atoms. The zero-order valence-corrected chi connectivity index (χ0v) is 13.4. The first kappa shape index (κ1) is 17.3. The average molecular weight is 346 g/mol. The number of aliphatic hydroxyl groups is 1. The third kappa shape index (κ3) is 3.77. The monoisotopic (exact) mass is 346 g/mol. The summed E-state index contributed by atoms with van der Waals surface area (Å²) in [5.41, 5.74) is 0.952. The molecule has 1 aliphatic rings. The Hall–Kier alpha value is -2.52. The van der Waals surface area contributed by atoms with Gasteiger partial charge >= 0.3 is 5.69 Å². The summed E-state index contributed by atoms with van der Waals surface area (Å²) < 4.78 is 10.0. The topological polar surface area (TPSA) is 105 Å². The summed E-state index contributed by atoms with van der Waals surface area (Å²) in [4.78, 5) is 10.7. The largest absolute Gasteiger partial charge is 0.626 e. The minimum Gasteiger partial charge on any atom is -0.626 e. The number of hydroxylamine groups is 2.